The third-order valence-electron chi connectivity index (χ3n) is 4.17. The standard InChI is InChI=1S/C21H26O2S/c1-17(21(22)23)10-6-4-2-3-5-9-15-24-20-14-13-18-11-7-8-12-19(18)16-20/h7-8,11-14,16H,1-6,9-10,15H2,(H,22,23). The van der Waals surface area contributed by atoms with Gasteiger partial charge in [-0.1, -0.05) is 62.6 Å². The van der Waals surface area contributed by atoms with Crippen LogP contribution in [0.3, 0.4) is 0 Å². The van der Waals surface area contributed by atoms with Crippen LogP contribution < -0.4 is 0 Å². The van der Waals surface area contributed by atoms with E-state index in [0.717, 1.165) is 18.6 Å². The average Bonchev–Trinajstić information content (AvgIpc) is 2.59. The van der Waals surface area contributed by atoms with Crippen LogP contribution in [-0.2, 0) is 4.79 Å². The fraction of sp³-hybridized carbons (Fsp3) is 0.381. The molecule has 24 heavy (non-hydrogen) atoms. The summed E-state index contributed by atoms with van der Waals surface area (Å²) in [5.41, 5.74) is 0.335. The number of carboxylic acid groups (broad SMARTS) is 1. The van der Waals surface area contributed by atoms with Crippen molar-refractivity contribution in [1.82, 2.24) is 0 Å². The molecule has 2 nitrogen and oxygen atoms in total. The Morgan fingerprint density at radius 2 is 1.58 bits per heavy atom. The van der Waals surface area contributed by atoms with E-state index in [1.54, 1.807) is 0 Å². The van der Waals surface area contributed by atoms with Crippen molar-refractivity contribution in [2.24, 2.45) is 0 Å². The molecule has 0 aliphatic heterocycles. The van der Waals surface area contributed by atoms with Gasteiger partial charge in [0.25, 0.3) is 0 Å². The van der Waals surface area contributed by atoms with Gasteiger partial charge in [-0.05, 0) is 47.9 Å². The smallest absolute Gasteiger partial charge is 0.330 e. The van der Waals surface area contributed by atoms with Crippen LogP contribution in [0.4, 0.5) is 0 Å². The third-order valence-corrected chi connectivity index (χ3v) is 5.25. The summed E-state index contributed by atoms with van der Waals surface area (Å²) < 4.78 is 0. The van der Waals surface area contributed by atoms with Gasteiger partial charge in [-0.2, -0.15) is 0 Å². The molecule has 2 aromatic carbocycles. The van der Waals surface area contributed by atoms with Gasteiger partial charge >= 0.3 is 5.97 Å². The van der Waals surface area contributed by atoms with Gasteiger partial charge in [0.05, 0.1) is 0 Å². The second kappa shape index (κ2) is 10.2. The van der Waals surface area contributed by atoms with E-state index < -0.39 is 5.97 Å². The van der Waals surface area contributed by atoms with Crippen molar-refractivity contribution in [3.8, 4) is 0 Å². The van der Waals surface area contributed by atoms with Crippen LogP contribution in [0.5, 0.6) is 0 Å². The Morgan fingerprint density at radius 1 is 0.917 bits per heavy atom. The summed E-state index contributed by atoms with van der Waals surface area (Å²) in [6.45, 7) is 3.56. The topological polar surface area (TPSA) is 37.3 Å². The molecule has 0 spiro atoms. The fourth-order valence-corrected chi connectivity index (χ4v) is 3.66. The van der Waals surface area contributed by atoms with Crippen LogP contribution in [0, 0.1) is 0 Å². The Labute approximate surface area is 149 Å². The fourth-order valence-electron chi connectivity index (χ4n) is 2.70. The molecule has 2 aromatic rings. The van der Waals surface area contributed by atoms with Gasteiger partial charge in [0, 0.05) is 10.5 Å². The number of hydrogen-bond acceptors (Lipinski definition) is 2. The predicted octanol–water partition coefficient (Wildman–Crippen LogP) is 6.30. The van der Waals surface area contributed by atoms with Crippen molar-refractivity contribution in [2.75, 3.05) is 5.75 Å². The summed E-state index contributed by atoms with van der Waals surface area (Å²) in [6.07, 6.45) is 7.57. The number of thioether (sulfide) groups is 1. The molecule has 0 amide bonds. The van der Waals surface area contributed by atoms with Gasteiger partial charge in [0.1, 0.15) is 0 Å². The van der Waals surface area contributed by atoms with E-state index in [0.29, 0.717) is 12.0 Å². The normalized spacial score (nSPS) is 10.8. The number of carboxylic acids is 1. The van der Waals surface area contributed by atoms with Crippen molar-refractivity contribution in [2.45, 2.75) is 49.8 Å². The summed E-state index contributed by atoms with van der Waals surface area (Å²) >= 11 is 1.93. The molecule has 0 aliphatic rings. The summed E-state index contributed by atoms with van der Waals surface area (Å²) in [5.74, 6) is 0.300. The Hall–Kier alpha value is -1.74. The number of unbranched alkanes of at least 4 members (excludes halogenated alkanes) is 5. The first-order chi connectivity index (χ1) is 11.7. The molecule has 3 heteroatoms. The quantitative estimate of drug-likeness (QED) is 0.296. The van der Waals surface area contributed by atoms with Gasteiger partial charge in [-0.15, -0.1) is 11.8 Å². The summed E-state index contributed by atoms with van der Waals surface area (Å²) in [4.78, 5) is 12.0. The van der Waals surface area contributed by atoms with E-state index in [1.165, 1.54) is 41.4 Å². The van der Waals surface area contributed by atoms with Crippen LogP contribution >= 0.6 is 11.8 Å². The van der Waals surface area contributed by atoms with Crippen LogP contribution in [0.2, 0.25) is 0 Å². The maximum Gasteiger partial charge on any atom is 0.330 e. The van der Waals surface area contributed by atoms with Gasteiger partial charge in [0.2, 0.25) is 0 Å². The van der Waals surface area contributed by atoms with E-state index in [1.807, 2.05) is 11.8 Å². The van der Waals surface area contributed by atoms with Crippen molar-refractivity contribution < 1.29 is 9.90 Å². The van der Waals surface area contributed by atoms with Gasteiger partial charge < -0.3 is 5.11 Å². The van der Waals surface area contributed by atoms with E-state index in [2.05, 4.69) is 49.0 Å². The number of aliphatic carboxylic acids is 1. The van der Waals surface area contributed by atoms with Crippen LogP contribution in [0.25, 0.3) is 10.8 Å². The molecule has 128 valence electrons. The number of benzene rings is 2. The molecule has 0 radical (unpaired) electrons. The molecule has 0 fully saturated rings. The van der Waals surface area contributed by atoms with E-state index >= 15 is 0 Å². The molecule has 0 aliphatic carbocycles. The Kier molecular flexibility index (Phi) is 7.90. The lowest BCUT2D eigenvalue weighted by Crippen LogP contribution is -1.98. The van der Waals surface area contributed by atoms with Gasteiger partial charge in [-0.3, -0.25) is 0 Å². The third kappa shape index (κ3) is 6.40. The zero-order valence-electron chi connectivity index (χ0n) is 14.2. The average molecular weight is 343 g/mol. The molecule has 0 bridgehead atoms. The zero-order chi connectivity index (χ0) is 17.2. The predicted molar refractivity (Wildman–Crippen MR) is 104 cm³/mol. The minimum absolute atomic E-state index is 0.335. The highest BCUT2D eigenvalue weighted by molar-refractivity contribution is 7.99. The van der Waals surface area contributed by atoms with Crippen LogP contribution in [-0.4, -0.2) is 16.8 Å². The number of fused-ring (bicyclic) bond motifs is 1. The summed E-state index contributed by atoms with van der Waals surface area (Å²) in [7, 11) is 0. The minimum atomic E-state index is -0.860. The number of hydrogen-bond donors (Lipinski definition) is 1. The van der Waals surface area contributed by atoms with E-state index in [4.69, 9.17) is 5.11 Å². The number of carbonyl (C=O) groups is 1. The lowest BCUT2D eigenvalue weighted by atomic mass is 10.1. The van der Waals surface area contributed by atoms with E-state index in [9.17, 15) is 4.79 Å². The summed E-state index contributed by atoms with van der Waals surface area (Å²) in [5, 5.41) is 11.3. The number of rotatable bonds is 11. The maximum atomic E-state index is 10.6. The highest BCUT2D eigenvalue weighted by Gasteiger charge is 2.02. The molecule has 0 heterocycles. The SMILES string of the molecule is C=C(CCCCCCCCSc1ccc2ccccc2c1)C(=O)O. The molecule has 1 N–H and O–H groups in total. The molecule has 0 atom stereocenters. The highest BCUT2D eigenvalue weighted by Crippen LogP contribution is 2.24. The highest BCUT2D eigenvalue weighted by atomic mass is 32.2. The van der Waals surface area contributed by atoms with Crippen molar-refractivity contribution in [1.29, 1.82) is 0 Å². The minimum Gasteiger partial charge on any atom is -0.478 e. The lowest BCUT2D eigenvalue weighted by molar-refractivity contribution is -0.132. The Morgan fingerprint density at radius 3 is 2.33 bits per heavy atom. The van der Waals surface area contributed by atoms with Crippen LogP contribution in [0.15, 0.2) is 59.5 Å². The van der Waals surface area contributed by atoms with Crippen molar-refractivity contribution in [3.05, 3.63) is 54.6 Å². The molecule has 0 saturated carbocycles. The second-order valence-corrected chi connectivity index (χ2v) is 7.31. The largest absolute Gasteiger partial charge is 0.478 e. The first-order valence-corrected chi connectivity index (χ1v) is 9.68. The molecule has 2 rings (SSSR count). The second-order valence-electron chi connectivity index (χ2n) is 6.14. The van der Waals surface area contributed by atoms with Crippen molar-refractivity contribution >= 4 is 28.5 Å². The molecule has 0 aromatic heterocycles. The first kappa shape index (κ1) is 18.6. The van der Waals surface area contributed by atoms with E-state index in [-0.39, 0.29) is 0 Å². The van der Waals surface area contributed by atoms with Gasteiger partial charge in [0.15, 0.2) is 0 Å². The Bertz CT molecular complexity index is 678. The maximum absolute atomic E-state index is 10.6. The zero-order valence-corrected chi connectivity index (χ0v) is 15.0. The van der Waals surface area contributed by atoms with Crippen molar-refractivity contribution in [3.63, 3.8) is 0 Å². The lowest BCUT2D eigenvalue weighted by Gasteiger charge is -2.04. The molecule has 0 saturated heterocycles. The molecular formula is C21H26O2S. The summed E-state index contributed by atoms with van der Waals surface area (Å²) in [6, 6.07) is 15.2. The van der Waals surface area contributed by atoms with Gasteiger partial charge in [-0.25, -0.2) is 4.79 Å². The monoisotopic (exact) mass is 342 g/mol. The van der Waals surface area contributed by atoms with Crippen LogP contribution in [0.1, 0.15) is 44.9 Å². The molecular weight excluding hydrogens is 316 g/mol. The Balaban J connectivity index is 1.53. The molecule has 0 unspecified atom stereocenters. The first-order valence-electron chi connectivity index (χ1n) is 8.69.